The van der Waals surface area contributed by atoms with Gasteiger partial charge in [0.1, 0.15) is 5.75 Å². The van der Waals surface area contributed by atoms with E-state index in [-0.39, 0.29) is 11.9 Å². The highest BCUT2D eigenvalue weighted by Gasteiger charge is 2.19. The van der Waals surface area contributed by atoms with E-state index in [0.29, 0.717) is 23.1 Å². The molecule has 1 heterocycles. The highest BCUT2D eigenvalue weighted by atomic mass is 35.5. The first-order chi connectivity index (χ1) is 10.5. The fourth-order valence-corrected chi connectivity index (χ4v) is 2.81. The van der Waals surface area contributed by atoms with Crippen LogP contribution in [0.4, 0.5) is 0 Å². The molecule has 0 atom stereocenters. The van der Waals surface area contributed by atoms with Crippen molar-refractivity contribution in [3.8, 4) is 5.75 Å². The summed E-state index contributed by atoms with van der Waals surface area (Å²) in [5, 5.41) is 8.03. The van der Waals surface area contributed by atoms with Crippen LogP contribution in [0.2, 0.25) is 5.02 Å². The number of nitrogens with zero attached hydrogens (tertiary/aromatic N) is 1. The van der Waals surface area contributed by atoms with E-state index >= 15 is 0 Å². The van der Waals surface area contributed by atoms with Crippen LogP contribution in [0.15, 0.2) is 24.3 Å². The molecular weight excluding hydrogens is 302 g/mol. The zero-order valence-electron chi connectivity index (χ0n) is 12.6. The second-order valence-corrected chi connectivity index (χ2v) is 6.07. The fourth-order valence-electron chi connectivity index (χ4n) is 2.68. The molecule has 1 saturated heterocycles. The Morgan fingerprint density at radius 1 is 1.32 bits per heavy atom. The summed E-state index contributed by atoms with van der Waals surface area (Å²) >= 11 is 5.78. The predicted octanol–water partition coefficient (Wildman–Crippen LogP) is 3.02. The van der Waals surface area contributed by atoms with Crippen LogP contribution in [0.5, 0.6) is 5.75 Å². The van der Waals surface area contributed by atoms with Gasteiger partial charge in [0.15, 0.2) is 5.96 Å². The van der Waals surface area contributed by atoms with Crippen molar-refractivity contribution in [1.29, 1.82) is 5.41 Å². The molecule has 1 aromatic rings. The maximum absolute atomic E-state index is 11.8. The average Bonchev–Trinajstić information content (AvgIpc) is 2.50. The normalized spacial score (nSPS) is 15.6. The Bertz CT molecular complexity index is 511. The zero-order chi connectivity index (χ0) is 15.9. The Labute approximate surface area is 135 Å². The number of hydrogen-bond acceptors (Lipinski definition) is 3. The lowest BCUT2D eigenvalue weighted by Gasteiger charge is -2.32. The van der Waals surface area contributed by atoms with Crippen molar-refractivity contribution in [3.63, 3.8) is 0 Å². The van der Waals surface area contributed by atoms with E-state index in [1.165, 1.54) is 0 Å². The molecule has 3 N–H and O–H groups in total. The number of carbonyl (C=O) groups excluding carboxylic acids is 1. The molecule has 1 aliphatic rings. The predicted molar refractivity (Wildman–Crippen MR) is 87.1 cm³/mol. The molecule has 1 aliphatic heterocycles. The highest BCUT2D eigenvalue weighted by Crippen LogP contribution is 2.23. The third kappa shape index (κ3) is 5.22. The fraction of sp³-hybridized carbons (Fsp3) is 0.500. The summed E-state index contributed by atoms with van der Waals surface area (Å²) in [6, 6.07) is 6.79. The number of hydrogen-bond donors (Lipinski definition) is 2. The number of guanidine groups is 1. The van der Waals surface area contributed by atoms with Gasteiger partial charge in [-0.1, -0.05) is 11.6 Å². The van der Waals surface area contributed by atoms with Gasteiger partial charge in [0.25, 0.3) is 0 Å². The number of nitrogens with one attached hydrogen (secondary N) is 1. The van der Waals surface area contributed by atoms with Crippen molar-refractivity contribution in [2.45, 2.75) is 32.1 Å². The van der Waals surface area contributed by atoms with E-state index in [2.05, 4.69) is 0 Å². The van der Waals surface area contributed by atoms with Crippen LogP contribution in [0.1, 0.15) is 32.1 Å². The molecule has 1 aromatic carbocycles. The lowest BCUT2D eigenvalue weighted by atomic mass is 9.92. The first-order valence-electron chi connectivity index (χ1n) is 7.60. The molecule has 2 rings (SSSR count). The number of carbonyl (C=O) groups is 1. The smallest absolute Gasteiger partial charge is 0.311 e. The summed E-state index contributed by atoms with van der Waals surface area (Å²) in [7, 11) is 0. The minimum Gasteiger partial charge on any atom is -0.427 e. The largest absolute Gasteiger partial charge is 0.427 e. The van der Waals surface area contributed by atoms with E-state index < -0.39 is 0 Å². The Morgan fingerprint density at radius 3 is 2.55 bits per heavy atom. The highest BCUT2D eigenvalue weighted by molar-refractivity contribution is 6.30. The third-order valence-electron chi connectivity index (χ3n) is 3.99. The zero-order valence-corrected chi connectivity index (χ0v) is 13.3. The second-order valence-electron chi connectivity index (χ2n) is 5.64. The van der Waals surface area contributed by atoms with E-state index in [1.807, 2.05) is 4.90 Å². The van der Waals surface area contributed by atoms with Crippen LogP contribution in [0.25, 0.3) is 0 Å². The number of likely N-dealkylation sites (tertiary alicyclic amines) is 1. The molecule has 0 amide bonds. The van der Waals surface area contributed by atoms with Crippen LogP contribution in [0, 0.1) is 11.3 Å². The van der Waals surface area contributed by atoms with E-state index in [0.717, 1.165) is 38.8 Å². The van der Waals surface area contributed by atoms with Crippen LogP contribution in [-0.4, -0.2) is 29.9 Å². The Kier molecular flexibility index (Phi) is 6.07. The lowest BCUT2D eigenvalue weighted by Crippen LogP contribution is -2.42. The SMILES string of the molecule is N=C(N)N1CCC(CCCC(=O)Oc2ccc(Cl)cc2)CC1. The van der Waals surface area contributed by atoms with Crippen molar-refractivity contribution in [2.24, 2.45) is 11.7 Å². The lowest BCUT2D eigenvalue weighted by molar-refractivity contribution is -0.134. The molecule has 22 heavy (non-hydrogen) atoms. The number of ether oxygens (including phenoxy) is 1. The Hall–Kier alpha value is -1.75. The number of esters is 1. The molecule has 5 nitrogen and oxygen atoms in total. The van der Waals surface area contributed by atoms with Crippen molar-refractivity contribution < 1.29 is 9.53 Å². The Balaban J connectivity index is 1.63. The molecule has 0 bridgehead atoms. The summed E-state index contributed by atoms with van der Waals surface area (Å²) in [5.41, 5.74) is 5.47. The summed E-state index contributed by atoms with van der Waals surface area (Å²) in [5.74, 6) is 1.09. The number of halogens is 1. The van der Waals surface area contributed by atoms with Crippen molar-refractivity contribution in [1.82, 2.24) is 4.90 Å². The maximum atomic E-state index is 11.8. The van der Waals surface area contributed by atoms with E-state index in [4.69, 9.17) is 27.5 Å². The molecule has 0 unspecified atom stereocenters. The van der Waals surface area contributed by atoms with Crippen LogP contribution < -0.4 is 10.5 Å². The molecule has 0 spiro atoms. The number of benzene rings is 1. The summed E-state index contributed by atoms with van der Waals surface area (Å²) in [4.78, 5) is 13.7. The maximum Gasteiger partial charge on any atom is 0.311 e. The van der Waals surface area contributed by atoms with Gasteiger partial charge in [-0.15, -0.1) is 0 Å². The van der Waals surface area contributed by atoms with Gasteiger partial charge in [0, 0.05) is 24.5 Å². The standard InChI is InChI=1S/C16H22ClN3O2/c17-13-4-6-14(7-5-13)22-15(21)3-1-2-12-8-10-20(11-9-12)16(18)19/h4-7,12H,1-3,8-11H2,(H3,18,19). The van der Waals surface area contributed by atoms with E-state index in [9.17, 15) is 4.79 Å². The monoisotopic (exact) mass is 323 g/mol. The summed E-state index contributed by atoms with van der Waals surface area (Å²) in [6.07, 6.45) is 4.34. The third-order valence-corrected chi connectivity index (χ3v) is 4.25. The van der Waals surface area contributed by atoms with Gasteiger partial charge < -0.3 is 15.4 Å². The minimum atomic E-state index is -0.205. The summed E-state index contributed by atoms with van der Waals surface area (Å²) < 4.78 is 5.26. The second kappa shape index (κ2) is 8.03. The van der Waals surface area contributed by atoms with Gasteiger partial charge in [-0.05, 0) is 55.9 Å². The van der Waals surface area contributed by atoms with Gasteiger partial charge in [-0.2, -0.15) is 0 Å². The minimum absolute atomic E-state index is 0.157. The molecule has 0 aliphatic carbocycles. The van der Waals surface area contributed by atoms with Crippen molar-refractivity contribution in [2.75, 3.05) is 13.1 Å². The van der Waals surface area contributed by atoms with Gasteiger partial charge >= 0.3 is 5.97 Å². The van der Waals surface area contributed by atoms with Crippen molar-refractivity contribution in [3.05, 3.63) is 29.3 Å². The molecule has 6 heteroatoms. The topological polar surface area (TPSA) is 79.4 Å². The van der Waals surface area contributed by atoms with Gasteiger partial charge in [-0.3, -0.25) is 10.2 Å². The molecular formula is C16H22ClN3O2. The Morgan fingerprint density at radius 2 is 1.95 bits per heavy atom. The average molecular weight is 324 g/mol. The summed E-state index contributed by atoms with van der Waals surface area (Å²) in [6.45, 7) is 1.68. The molecule has 0 aromatic heterocycles. The van der Waals surface area contributed by atoms with Crippen LogP contribution >= 0.6 is 11.6 Å². The van der Waals surface area contributed by atoms with Crippen molar-refractivity contribution >= 4 is 23.5 Å². The van der Waals surface area contributed by atoms with E-state index in [1.54, 1.807) is 24.3 Å². The van der Waals surface area contributed by atoms with Gasteiger partial charge in [0.2, 0.25) is 0 Å². The number of piperidine rings is 1. The molecule has 1 fully saturated rings. The first kappa shape index (κ1) is 16.6. The molecule has 0 saturated carbocycles. The number of rotatable bonds is 5. The quantitative estimate of drug-likeness (QED) is 0.378. The first-order valence-corrected chi connectivity index (χ1v) is 7.97. The van der Waals surface area contributed by atoms with Gasteiger partial charge in [-0.25, -0.2) is 0 Å². The number of nitrogens with two attached hydrogens (primary N) is 1. The van der Waals surface area contributed by atoms with Crippen LogP contribution in [-0.2, 0) is 4.79 Å². The van der Waals surface area contributed by atoms with Crippen LogP contribution in [0.3, 0.4) is 0 Å². The molecule has 0 radical (unpaired) electrons. The van der Waals surface area contributed by atoms with Gasteiger partial charge in [0.05, 0.1) is 0 Å². The molecule has 120 valence electrons.